The first-order valence-corrected chi connectivity index (χ1v) is 13.9. The minimum Gasteiger partial charge on any atom is -0.461 e. The van der Waals surface area contributed by atoms with E-state index in [0.717, 1.165) is 44.7 Å². The van der Waals surface area contributed by atoms with Crippen molar-refractivity contribution in [3.8, 4) is 6.01 Å². The molecule has 0 saturated carbocycles. The summed E-state index contributed by atoms with van der Waals surface area (Å²) in [7, 11) is 0. The van der Waals surface area contributed by atoms with Crippen LogP contribution in [0.25, 0.3) is 10.9 Å². The zero-order valence-electron chi connectivity index (χ0n) is 21.9. The number of amides is 1. The quantitative estimate of drug-likeness (QED) is 0.413. The van der Waals surface area contributed by atoms with Gasteiger partial charge in [-0.15, -0.1) is 0 Å². The van der Waals surface area contributed by atoms with Gasteiger partial charge >= 0.3 is 12.1 Å². The molecule has 3 fully saturated rings. The van der Waals surface area contributed by atoms with E-state index in [-0.39, 0.29) is 33.8 Å². The van der Waals surface area contributed by atoms with Gasteiger partial charge in [0.25, 0.3) is 0 Å². The number of carbonyl (C=O) groups is 1. The highest BCUT2D eigenvalue weighted by atomic mass is 79.9. The molecule has 0 unspecified atom stereocenters. The Morgan fingerprint density at radius 3 is 2.68 bits per heavy atom. The van der Waals surface area contributed by atoms with Crippen LogP contribution < -0.4 is 9.75 Å². The van der Waals surface area contributed by atoms with Gasteiger partial charge in [-0.2, -0.15) is 9.97 Å². The number of rotatable bonds is 4. The Kier molecular flexibility index (Phi) is 7.40. The van der Waals surface area contributed by atoms with Crippen molar-refractivity contribution in [1.82, 2.24) is 19.9 Å². The van der Waals surface area contributed by atoms with Gasteiger partial charge in [0.1, 0.15) is 29.7 Å². The maximum absolute atomic E-state index is 15.3. The molecule has 5 rings (SSSR count). The lowest BCUT2D eigenvalue weighted by molar-refractivity contribution is 0.0232. The number of nitrogens with zero attached hydrogens (tertiary/aromatic N) is 5. The lowest BCUT2D eigenvalue weighted by Gasteiger charge is -2.36. The van der Waals surface area contributed by atoms with Crippen molar-refractivity contribution in [3.05, 3.63) is 22.2 Å². The van der Waals surface area contributed by atoms with Gasteiger partial charge in [-0.05, 0) is 81.4 Å². The normalized spacial score (nSPS) is 24.6. The van der Waals surface area contributed by atoms with Crippen molar-refractivity contribution in [2.75, 3.05) is 37.8 Å². The van der Waals surface area contributed by atoms with E-state index < -0.39 is 35.0 Å². The van der Waals surface area contributed by atoms with E-state index in [1.807, 2.05) is 0 Å². The molecular formula is C26H33BrF3N5O3. The molecule has 2 atom stereocenters. The fourth-order valence-corrected chi connectivity index (χ4v) is 6.01. The van der Waals surface area contributed by atoms with E-state index >= 15 is 4.39 Å². The fourth-order valence-electron chi connectivity index (χ4n) is 5.71. The van der Waals surface area contributed by atoms with Gasteiger partial charge in [-0.1, -0.05) is 0 Å². The number of hydrogen-bond donors (Lipinski definition) is 0. The molecule has 0 N–H and O–H groups in total. The molecule has 1 amide bonds. The summed E-state index contributed by atoms with van der Waals surface area (Å²) in [4.78, 5) is 24.2. The van der Waals surface area contributed by atoms with Crippen molar-refractivity contribution >= 4 is 38.7 Å². The van der Waals surface area contributed by atoms with Gasteiger partial charge in [0.15, 0.2) is 11.6 Å². The lowest BCUT2D eigenvalue weighted by Crippen LogP contribution is -2.49. The van der Waals surface area contributed by atoms with Crippen molar-refractivity contribution in [3.63, 3.8) is 0 Å². The summed E-state index contributed by atoms with van der Waals surface area (Å²) >= 11 is 2.96. The number of benzene rings is 1. The second kappa shape index (κ2) is 10.3. The second-order valence-electron chi connectivity index (χ2n) is 11.4. The number of ether oxygens (including phenoxy) is 2. The minimum atomic E-state index is -0.928. The van der Waals surface area contributed by atoms with Crippen LogP contribution in [0, 0.1) is 11.6 Å². The van der Waals surface area contributed by atoms with Gasteiger partial charge in [-0.3, -0.25) is 9.91 Å². The number of alkyl halides is 1. The molecule has 38 heavy (non-hydrogen) atoms. The number of fused-ring (bicyclic) bond motifs is 2. The van der Waals surface area contributed by atoms with E-state index in [1.54, 1.807) is 25.8 Å². The average Bonchev–Trinajstić information content (AvgIpc) is 3.24. The SMILES string of the molecule is CC(C)(C)OC(=O)N1CCCCCN1c1nc(OC[C@@]23CCCN2C[C@H](F)C3)nc2c(F)c(Br)c(F)cc12. The monoisotopic (exact) mass is 599 g/mol. The smallest absolute Gasteiger partial charge is 0.429 e. The summed E-state index contributed by atoms with van der Waals surface area (Å²) in [5.74, 6) is -1.55. The molecule has 0 spiro atoms. The third-order valence-corrected chi connectivity index (χ3v) is 8.12. The van der Waals surface area contributed by atoms with E-state index in [2.05, 4.69) is 30.8 Å². The zero-order valence-corrected chi connectivity index (χ0v) is 23.5. The fraction of sp³-hybridized carbons (Fsp3) is 0.654. The summed E-state index contributed by atoms with van der Waals surface area (Å²) in [6, 6.07) is 1.05. The number of anilines is 1. The van der Waals surface area contributed by atoms with Crippen LogP contribution in [0.1, 0.15) is 59.3 Å². The molecular weight excluding hydrogens is 567 g/mol. The average molecular weight is 600 g/mol. The number of aromatic nitrogens is 2. The van der Waals surface area contributed by atoms with Crippen LogP contribution in [0.3, 0.4) is 0 Å². The van der Waals surface area contributed by atoms with Gasteiger partial charge in [0.2, 0.25) is 0 Å². The summed E-state index contributed by atoms with van der Waals surface area (Å²) in [5, 5.41) is 3.15. The molecule has 8 nitrogen and oxygen atoms in total. The summed E-state index contributed by atoms with van der Waals surface area (Å²) < 4.78 is 55.7. The van der Waals surface area contributed by atoms with Crippen LogP contribution in [0.2, 0.25) is 0 Å². The van der Waals surface area contributed by atoms with Crippen LogP contribution in [-0.4, -0.2) is 76.1 Å². The topological polar surface area (TPSA) is 71.0 Å². The predicted octanol–water partition coefficient (Wildman–Crippen LogP) is 5.77. The highest BCUT2D eigenvalue weighted by Gasteiger charge is 2.49. The molecule has 208 valence electrons. The molecule has 1 aromatic heterocycles. The molecule has 3 saturated heterocycles. The highest BCUT2D eigenvalue weighted by Crippen LogP contribution is 2.41. The largest absolute Gasteiger partial charge is 0.461 e. The first kappa shape index (κ1) is 27.2. The van der Waals surface area contributed by atoms with E-state index in [1.165, 1.54) is 5.01 Å². The first-order chi connectivity index (χ1) is 18.0. The van der Waals surface area contributed by atoms with Crippen LogP contribution in [0.5, 0.6) is 6.01 Å². The molecule has 12 heteroatoms. The van der Waals surface area contributed by atoms with Gasteiger partial charge < -0.3 is 9.47 Å². The summed E-state index contributed by atoms with van der Waals surface area (Å²) in [6.45, 7) is 7.38. The van der Waals surface area contributed by atoms with Gasteiger partial charge in [0.05, 0.1) is 15.4 Å². The summed E-state index contributed by atoms with van der Waals surface area (Å²) in [6.07, 6.45) is 2.92. The minimum absolute atomic E-state index is 0.108. The van der Waals surface area contributed by atoms with E-state index in [4.69, 9.17) is 9.47 Å². The van der Waals surface area contributed by atoms with Gasteiger partial charge in [0, 0.05) is 26.1 Å². The molecule has 0 bridgehead atoms. The molecule has 3 aliphatic rings. The Morgan fingerprint density at radius 1 is 1.16 bits per heavy atom. The lowest BCUT2D eigenvalue weighted by atomic mass is 9.95. The maximum atomic E-state index is 15.3. The maximum Gasteiger partial charge on any atom is 0.429 e. The Hall–Kier alpha value is -2.34. The molecule has 4 heterocycles. The number of carbonyl (C=O) groups excluding carboxylic acids is 1. The second-order valence-corrected chi connectivity index (χ2v) is 12.2. The van der Waals surface area contributed by atoms with Crippen molar-refractivity contribution in [2.45, 2.75) is 76.6 Å². The Bertz CT molecular complexity index is 1230. The zero-order chi connectivity index (χ0) is 27.2. The van der Waals surface area contributed by atoms with E-state index in [9.17, 15) is 13.6 Å². The Balaban J connectivity index is 1.56. The molecule has 0 aliphatic carbocycles. The van der Waals surface area contributed by atoms with E-state index in [0.29, 0.717) is 26.1 Å². The van der Waals surface area contributed by atoms with Crippen LogP contribution in [-0.2, 0) is 4.74 Å². The number of hydrazine groups is 1. The third-order valence-electron chi connectivity index (χ3n) is 7.40. The van der Waals surface area contributed by atoms with Crippen molar-refractivity contribution in [2.24, 2.45) is 0 Å². The number of halogens is 4. The first-order valence-electron chi connectivity index (χ1n) is 13.1. The van der Waals surface area contributed by atoms with Crippen LogP contribution in [0.4, 0.5) is 23.8 Å². The molecule has 3 aliphatic heterocycles. The van der Waals surface area contributed by atoms with Gasteiger partial charge in [-0.25, -0.2) is 23.0 Å². The van der Waals surface area contributed by atoms with Crippen LogP contribution in [0.15, 0.2) is 10.5 Å². The Labute approximate surface area is 228 Å². The summed E-state index contributed by atoms with van der Waals surface area (Å²) in [5.41, 5.74) is -1.32. The highest BCUT2D eigenvalue weighted by molar-refractivity contribution is 9.10. The van der Waals surface area contributed by atoms with Crippen molar-refractivity contribution < 1.29 is 27.4 Å². The molecule has 1 aromatic carbocycles. The van der Waals surface area contributed by atoms with Crippen molar-refractivity contribution in [1.29, 1.82) is 0 Å². The third kappa shape index (κ3) is 5.25. The molecule has 2 aromatic rings. The van der Waals surface area contributed by atoms with Crippen LogP contribution >= 0.6 is 15.9 Å². The predicted molar refractivity (Wildman–Crippen MR) is 140 cm³/mol. The Morgan fingerprint density at radius 2 is 1.92 bits per heavy atom. The number of hydrogen-bond acceptors (Lipinski definition) is 7. The standard InChI is InChI=1S/C26H33BrF3N5O3/c1-25(2,3)38-24(36)35-11-6-4-5-10-34(35)22-17-12-18(29)19(27)20(30)21(17)31-23(32-22)37-15-26-8-7-9-33(26)14-16(28)13-26/h12,16H,4-11,13-15H2,1-3H3/t16-,26+/m1/s1. The molecule has 0 radical (unpaired) electrons.